The molecule has 0 radical (unpaired) electrons. The van der Waals surface area contributed by atoms with Crippen molar-refractivity contribution < 1.29 is 9.47 Å². The van der Waals surface area contributed by atoms with E-state index in [0.717, 1.165) is 59.4 Å². The molecule has 1 aliphatic rings. The van der Waals surface area contributed by atoms with E-state index in [9.17, 15) is 0 Å². The monoisotopic (exact) mass is 405 g/mol. The van der Waals surface area contributed by atoms with E-state index in [1.54, 1.807) is 0 Å². The van der Waals surface area contributed by atoms with Crippen LogP contribution in [0, 0.1) is 0 Å². The minimum Gasteiger partial charge on any atom is -0.492 e. The number of hydrogen-bond acceptors (Lipinski definition) is 3. The molecule has 20 heavy (non-hydrogen) atoms. The molecule has 0 bridgehead atoms. The van der Waals surface area contributed by atoms with E-state index in [1.807, 2.05) is 6.07 Å². The summed E-state index contributed by atoms with van der Waals surface area (Å²) >= 11 is 7.11. The molecule has 0 saturated carbocycles. The van der Waals surface area contributed by atoms with E-state index in [2.05, 4.69) is 50.2 Å². The van der Waals surface area contributed by atoms with E-state index in [0.29, 0.717) is 6.10 Å². The van der Waals surface area contributed by atoms with Crippen molar-refractivity contribution in [2.45, 2.75) is 38.8 Å². The molecule has 1 heterocycles. The van der Waals surface area contributed by atoms with Crippen LogP contribution in [0.2, 0.25) is 0 Å². The highest BCUT2D eigenvalue weighted by Crippen LogP contribution is 2.33. The molecule has 1 atom stereocenters. The number of ether oxygens (including phenoxy) is 2. The Hall–Kier alpha value is -0.100. The van der Waals surface area contributed by atoms with Crippen LogP contribution in [0.5, 0.6) is 5.75 Å². The summed E-state index contributed by atoms with van der Waals surface area (Å²) in [6.07, 6.45) is 3.71. The van der Waals surface area contributed by atoms with Crippen molar-refractivity contribution in [2.24, 2.45) is 0 Å². The van der Waals surface area contributed by atoms with Crippen LogP contribution < -0.4 is 10.1 Å². The minimum atomic E-state index is 0.366. The molecule has 0 aromatic heterocycles. The van der Waals surface area contributed by atoms with Gasteiger partial charge in [0, 0.05) is 29.7 Å². The first-order valence-corrected chi connectivity index (χ1v) is 8.72. The summed E-state index contributed by atoms with van der Waals surface area (Å²) in [6.45, 7) is 5.44. The third-order valence-corrected chi connectivity index (χ3v) is 4.29. The van der Waals surface area contributed by atoms with Crippen LogP contribution >= 0.6 is 31.9 Å². The second-order valence-corrected chi connectivity index (χ2v) is 6.76. The first-order chi connectivity index (χ1) is 9.70. The average molecular weight is 407 g/mol. The van der Waals surface area contributed by atoms with E-state index >= 15 is 0 Å². The van der Waals surface area contributed by atoms with Gasteiger partial charge in [0.1, 0.15) is 5.75 Å². The molecule has 5 heteroatoms. The molecule has 0 spiro atoms. The van der Waals surface area contributed by atoms with Crippen molar-refractivity contribution in [3.8, 4) is 5.75 Å². The van der Waals surface area contributed by atoms with Gasteiger partial charge >= 0.3 is 0 Å². The quantitative estimate of drug-likeness (QED) is 0.733. The smallest absolute Gasteiger partial charge is 0.138 e. The van der Waals surface area contributed by atoms with Gasteiger partial charge in [-0.25, -0.2) is 0 Å². The Morgan fingerprint density at radius 2 is 2.25 bits per heavy atom. The summed E-state index contributed by atoms with van der Waals surface area (Å²) in [4.78, 5) is 0. The van der Waals surface area contributed by atoms with Crippen LogP contribution in [-0.4, -0.2) is 25.9 Å². The van der Waals surface area contributed by atoms with Crippen LogP contribution in [0.3, 0.4) is 0 Å². The lowest BCUT2D eigenvalue weighted by Gasteiger charge is -2.16. The van der Waals surface area contributed by atoms with Gasteiger partial charge in [-0.3, -0.25) is 0 Å². The Kier molecular flexibility index (Phi) is 6.81. The van der Waals surface area contributed by atoms with Crippen LogP contribution in [0.1, 0.15) is 31.7 Å². The Bertz CT molecular complexity index is 434. The molecule has 1 aliphatic heterocycles. The van der Waals surface area contributed by atoms with E-state index in [-0.39, 0.29) is 0 Å². The van der Waals surface area contributed by atoms with Crippen molar-refractivity contribution in [3.63, 3.8) is 0 Å². The summed E-state index contributed by atoms with van der Waals surface area (Å²) in [5, 5.41) is 3.47. The maximum absolute atomic E-state index is 5.86. The van der Waals surface area contributed by atoms with Crippen molar-refractivity contribution >= 4 is 31.9 Å². The Morgan fingerprint density at radius 1 is 1.40 bits per heavy atom. The normalized spacial score (nSPS) is 18.4. The Labute approximate surface area is 137 Å². The number of benzene rings is 1. The average Bonchev–Trinajstić information content (AvgIpc) is 2.91. The van der Waals surface area contributed by atoms with Crippen molar-refractivity contribution in [2.75, 3.05) is 19.8 Å². The summed E-state index contributed by atoms with van der Waals surface area (Å²) in [6, 6.07) is 4.13. The molecule has 1 aromatic rings. The summed E-state index contributed by atoms with van der Waals surface area (Å²) < 4.78 is 13.5. The summed E-state index contributed by atoms with van der Waals surface area (Å²) in [7, 11) is 0. The van der Waals surface area contributed by atoms with Crippen LogP contribution in [0.25, 0.3) is 0 Å². The zero-order valence-electron chi connectivity index (χ0n) is 11.8. The molecule has 1 saturated heterocycles. The minimum absolute atomic E-state index is 0.366. The van der Waals surface area contributed by atoms with Gasteiger partial charge in [0.15, 0.2) is 0 Å². The number of hydrogen-bond donors (Lipinski definition) is 1. The van der Waals surface area contributed by atoms with Gasteiger partial charge in [-0.1, -0.05) is 22.9 Å². The fourth-order valence-corrected chi connectivity index (χ4v) is 3.71. The van der Waals surface area contributed by atoms with Crippen molar-refractivity contribution in [1.29, 1.82) is 0 Å². The molecule has 0 amide bonds. The number of halogens is 2. The first-order valence-electron chi connectivity index (χ1n) is 7.13. The van der Waals surface area contributed by atoms with E-state index in [1.165, 1.54) is 6.42 Å². The van der Waals surface area contributed by atoms with E-state index < -0.39 is 0 Å². The topological polar surface area (TPSA) is 30.5 Å². The fraction of sp³-hybridized carbons (Fsp3) is 0.600. The van der Waals surface area contributed by atoms with Gasteiger partial charge in [0.05, 0.1) is 17.2 Å². The number of rotatable bonds is 7. The van der Waals surface area contributed by atoms with Crippen LogP contribution in [0.4, 0.5) is 0 Å². The second-order valence-electron chi connectivity index (χ2n) is 4.99. The Balaban J connectivity index is 1.96. The lowest BCUT2D eigenvalue weighted by atomic mass is 10.2. The highest BCUT2D eigenvalue weighted by molar-refractivity contribution is 9.11. The van der Waals surface area contributed by atoms with Gasteiger partial charge in [0.2, 0.25) is 0 Å². The maximum Gasteiger partial charge on any atom is 0.138 e. The molecule has 112 valence electrons. The van der Waals surface area contributed by atoms with E-state index in [4.69, 9.17) is 9.47 Å². The standard InChI is InChI=1S/C15H21Br2NO2/c1-2-5-20-15-11(7-12(16)8-14(15)17)9-18-10-13-4-3-6-19-13/h7-8,13,18H,2-6,9-10H2,1H3/t13-/m0/s1. The molecule has 1 aromatic carbocycles. The van der Waals surface area contributed by atoms with Gasteiger partial charge in [0.25, 0.3) is 0 Å². The predicted octanol–water partition coefficient (Wildman–Crippen LogP) is 4.27. The molecule has 1 fully saturated rings. The van der Waals surface area contributed by atoms with Crippen LogP contribution in [0.15, 0.2) is 21.1 Å². The van der Waals surface area contributed by atoms with Crippen LogP contribution in [-0.2, 0) is 11.3 Å². The SMILES string of the molecule is CCCOc1c(Br)cc(Br)cc1CNC[C@@H]1CCCO1. The summed E-state index contributed by atoms with van der Waals surface area (Å²) in [5.41, 5.74) is 1.16. The highest BCUT2D eigenvalue weighted by atomic mass is 79.9. The fourth-order valence-electron chi connectivity index (χ4n) is 2.28. The van der Waals surface area contributed by atoms with Gasteiger partial charge in [-0.2, -0.15) is 0 Å². The zero-order chi connectivity index (χ0) is 14.4. The number of nitrogens with one attached hydrogen (secondary N) is 1. The van der Waals surface area contributed by atoms with Gasteiger partial charge < -0.3 is 14.8 Å². The predicted molar refractivity (Wildman–Crippen MR) is 88.3 cm³/mol. The molecule has 0 aliphatic carbocycles. The van der Waals surface area contributed by atoms with Gasteiger partial charge in [-0.15, -0.1) is 0 Å². The molecule has 1 N–H and O–H groups in total. The summed E-state index contributed by atoms with van der Waals surface area (Å²) in [5.74, 6) is 0.940. The maximum atomic E-state index is 5.86. The molecule has 0 unspecified atom stereocenters. The van der Waals surface area contributed by atoms with Crippen molar-refractivity contribution in [1.82, 2.24) is 5.32 Å². The lowest BCUT2D eigenvalue weighted by molar-refractivity contribution is 0.110. The molecular weight excluding hydrogens is 386 g/mol. The largest absolute Gasteiger partial charge is 0.492 e. The molecular formula is C15H21Br2NO2. The lowest BCUT2D eigenvalue weighted by Crippen LogP contribution is -2.26. The van der Waals surface area contributed by atoms with Gasteiger partial charge in [-0.05, 0) is 47.3 Å². The Morgan fingerprint density at radius 3 is 2.95 bits per heavy atom. The van der Waals surface area contributed by atoms with Crippen molar-refractivity contribution in [3.05, 3.63) is 26.6 Å². The third-order valence-electron chi connectivity index (χ3n) is 3.25. The molecule has 2 rings (SSSR count). The highest BCUT2D eigenvalue weighted by Gasteiger charge is 2.15. The zero-order valence-corrected chi connectivity index (χ0v) is 14.9. The third kappa shape index (κ3) is 4.72. The molecule has 3 nitrogen and oxygen atoms in total. The second kappa shape index (κ2) is 8.37. The first kappa shape index (κ1) is 16.3.